The summed E-state index contributed by atoms with van der Waals surface area (Å²) in [6.07, 6.45) is 6.58. The van der Waals surface area contributed by atoms with E-state index in [1.807, 2.05) is 30.7 Å². The van der Waals surface area contributed by atoms with Crippen molar-refractivity contribution in [1.82, 2.24) is 19.4 Å². The van der Waals surface area contributed by atoms with Crippen LogP contribution < -0.4 is 0 Å². The molecule has 4 nitrogen and oxygen atoms in total. The number of hydrogen-bond acceptors (Lipinski definition) is 3. The highest BCUT2D eigenvalue weighted by atomic mass is 15.1. The second-order valence-electron chi connectivity index (χ2n) is 7.36. The van der Waals surface area contributed by atoms with Gasteiger partial charge in [-0.2, -0.15) is 0 Å². The number of nitrogens with zero attached hydrogens (tertiary/aromatic N) is 4. The number of aromatic nitrogens is 4. The van der Waals surface area contributed by atoms with Crippen LogP contribution in [0.15, 0.2) is 73.2 Å². The molecule has 0 fully saturated rings. The molecule has 4 aromatic heterocycles. The lowest BCUT2D eigenvalue weighted by molar-refractivity contribution is 1.22. The predicted molar refractivity (Wildman–Crippen MR) is 112 cm³/mol. The van der Waals surface area contributed by atoms with Crippen LogP contribution in [0.25, 0.3) is 49.6 Å². The van der Waals surface area contributed by atoms with Crippen LogP contribution in [0, 0.1) is 0 Å². The molecule has 6 aromatic rings. The van der Waals surface area contributed by atoms with Gasteiger partial charge in [0.05, 0.1) is 11.7 Å². The summed E-state index contributed by atoms with van der Waals surface area (Å²) in [5.41, 5.74) is 9.24. The maximum atomic E-state index is 4.94. The van der Waals surface area contributed by atoms with E-state index in [4.69, 9.17) is 4.98 Å². The third-order valence-corrected chi connectivity index (χ3v) is 5.95. The molecule has 2 aromatic carbocycles. The lowest BCUT2D eigenvalue weighted by Crippen LogP contribution is -1.95. The van der Waals surface area contributed by atoms with Crippen molar-refractivity contribution in [3.05, 3.63) is 84.3 Å². The van der Waals surface area contributed by atoms with E-state index in [1.165, 1.54) is 38.4 Å². The summed E-state index contributed by atoms with van der Waals surface area (Å²) >= 11 is 0. The van der Waals surface area contributed by atoms with Crippen LogP contribution in [0.3, 0.4) is 0 Å². The molecule has 0 amide bonds. The van der Waals surface area contributed by atoms with Crippen LogP contribution in [-0.2, 0) is 6.42 Å². The van der Waals surface area contributed by atoms with E-state index in [1.54, 1.807) is 0 Å². The predicted octanol–water partition coefficient (Wildman–Crippen LogP) is 5.16. The Labute approximate surface area is 160 Å². The minimum atomic E-state index is 0.876. The topological polar surface area (TPSA) is 43.1 Å². The highest BCUT2D eigenvalue weighted by molar-refractivity contribution is 6.16. The summed E-state index contributed by atoms with van der Waals surface area (Å²) in [6, 6.07) is 19.3. The molecule has 1 aliphatic rings. The highest BCUT2D eigenvalue weighted by Crippen LogP contribution is 2.43. The van der Waals surface area contributed by atoms with Crippen LogP contribution >= 0.6 is 0 Å². The molecule has 0 aliphatic heterocycles. The second-order valence-corrected chi connectivity index (χ2v) is 7.36. The van der Waals surface area contributed by atoms with E-state index in [0.717, 1.165) is 28.7 Å². The summed E-state index contributed by atoms with van der Waals surface area (Å²) < 4.78 is 2.15. The Hall–Kier alpha value is -3.79. The number of benzene rings is 2. The van der Waals surface area contributed by atoms with Crippen LogP contribution in [-0.4, -0.2) is 19.4 Å². The van der Waals surface area contributed by atoms with Crippen LogP contribution in [0.2, 0.25) is 0 Å². The number of rotatable bonds is 0. The summed E-state index contributed by atoms with van der Waals surface area (Å²) in [6.45, 7) is 0. The molecular formula is C24H14N4. The Bertz CT molecular complexity index is 1590. The van der Waals surface area contributed by atoms with Crippen LogP contribution in [0.1, 0.15) is 11.1 Å². The molecule has 0 N–H and O–H groups in total. The van der Waals surface area contributed by atoms with Gasteiger partial charge < -0.3 is 0 Å². The van der Waals surface area contributed by atoms with Crippen molar-refractivity contribution >= 4 is 38.5 Å². The van der Waals surface area contributed by atoms with Crippen LogP contribution in [0.5, 0.6) is 0 Å². The average Bonchev–Trinajstić information content (AvgIpc) is 3.32. The lowest BCUT2D eigenvalue weighted by atomic mass is 9.97. The second kappa shape index (κ2) is 4.93. The van der Waals surface area contributed by atoms with Crippen molar-refractivity contribution in [3.63, 3.8) is 0 Å². The Balaban J connectivity index is 1.77. The van der Waals surface area contributed by atoms with Gasteiger partial charge in [0.25, 0.3) is 0 Å². The standard InChI is InChI=1S/C24H14N4/c1-2-5-15-14(4-1)12-19-16(15)7-8-18-22(19)17-9-11-25-13-21(17)28-23(18)27-20-6-3-10-26-24(20)28/h1-11,13H,12H2. The van der Waals surface area contributed by atoms with Gasteiger partial charge in [-0.3, -0.25) is 9.38 Å². The number of fused-ring (bicyclic) bond motifs is 12. The molecule has 130 valence electrons. The van der Waals surface area contributed by atoms with Crippen molar-refractivity contribution in [1.29, 1.82) is 0 Å². The van der Waals surface area contributed by atoms with Gasteiger partial charge in [-0.05, 0) is 58.3 Å². The number of pyridine rings is 3. The largest absolute Gasteiger partial charge is 0.274 e. The molecule has 0 atom stereocenters. The monoisotopic (exact) mass is 358 g/mol. The van der Waals surface area contributed by atoms with E-state index >= 15 is 0 Å². The Morgan fingerprint density at radius 1 is 0.786 bits per heavy atom. The van der Waals surface area contributed by atoms with Crippen LogP contribution in [0.4, 0.5) is 0 Å². The summed E-state index contributed by atoms with van der Waals surface area (Å²) in [5.74, 6) is 0. The van der Waals surface area contributed by atoms with Crippen molar-refractivity contribution in [2.45, 2.75) is 6.42 Å². The fourth-order valence-electron chi connectivity index (χ4n) is 4.80. The van der Waals surface area contributed by atoms with Gasteiger partial charge in [0, 0.05) is 23.2 Å². The summed E-state index contributed by atoms with van der Waals surface area (Å²) in [7, 11) is 0. The number of imidazole rings is 1. The third kappa shape index (κ3) is 1.63. The fourth-order valence-corrected chi connectivity index (χ4v) is 4.80. The van der Waals surface area contributed by atoms with Crippen molar-refractivity contribution < 1.29 is 0 Å². The minimum Gasteiger partial charge on any atom is -0.274 e. The molecule has 0 radical (unpaired) electrons. The quantitative estimate of drug-likeness (QED) is 0.352. The molecule has 0 unspecified atom stereocenters. The molecule has 7 rings (SSSR count). The highest BCUT2D eigenvalue weighted by Gasteiger charge is 2.23. The van der Waals surface area contributed by atoms with Gasteiger partial charge >= 0.3 is 0 Å². The zero-order valence-electron chi connectivity index (χ0n) is 14.9. The van der Waals surface area contributed by atoms with Gasteiger partial charge in [-0.1, -0.05) is 30.3 Å². The SMILES string of the molecule is c1ccc2c(c1)Cc1c-2ccc2c1c1ccncc1n1c3ncccc3nc21. The smallest absolute Gasteiger partial charge is 0.165 e. The van der Waals surface area contributed by atoms with Gasteiger partial charge in [0.15, 0.2) is 5.65 Å². The first-order chi connectivity index (χ1) is 13.9. The first-order valence-corrected chi connectivity index (χ1v) is 9.43. The Morgan fingerprint density at radius 3 is 2.75 bits per heavy atom. The van der Waals surface area contributed by atoms with Gasteiger partial charge in [0.2, 0.25) is 0 Å². The van der Waals surface area contributed by atoms with Crippen molar-refractivity contribution in [3.8, 4) is 11.1 Å². The third-order valence-electron chi connectivity index (χ3n) is 5.95. The van der Waals surface area contributed by atoms with Crippen molar-refractivity contribution in [2.24, 2.45) is 0 Å². The normalized spacial score (nSPS) is 12.9. The average molecular weight is 358 g/mol. The van der Waals surface area contributed by atoms with E-state index in [2.05, 4.69) is 56.8 Å². The maximum Gasteiger partial charge on any atom is 0.165 e. The Kier molecular flexibility index (Phi) is 2.51. The van der Waals surface area contributed by atoms with Gasteiger partial charge in [0.1, 0.15) is 11.2 Å². The molecule has 0 bridgehead atoms. The van der Waals surface area contributed by atoms with E-state index < -0.39 is 0 Å². The van der Waals surface area contributed by atoms with Gasteiger partial charge in [-0.25, -0.2) is 9.97 Å². The lowest BCUT2D eigenvalue weighted by Gasteiger charge is -2.12. The zero-order valence-corrected chi connectivity index (χ0v) is 14.9. The molecule has 4 heteroatoms. The summed E-state index contributed by atoms with van der Waals surface area (Å²) in [5, 5.41) is 3.66. The molecule has 0 spiro atoms. The fraction of sp³-hybridized carbons (Fsp3) is 0.0417. The molecule has 1 aliphatic carbocycles. The molecule has 4 heterocycles. The van der Waals surface area contributed by atoms with E-state index in [9.17, 15) is 0 Å². The number of hydrogen-bond donors (Lipinski definition) is 0. The first kappa shape index (κ1) is 14.3. The summed E-state index contributed by atoms with van der Waals surface area (Å²) in [4.78, 5) is 14.0. The molecule has 0 saturated heterocycles. The molecule has 28 heavy (non-hydrogen) atoms. The molecule has 0 saturated carbocycles. The molecular weight excluding hydrogens is 344 g/mol. The first-order valence-electron chi connectivity index (χ1n) is 9.43. The zero-order chi connectivity index (χ0) is 18.2. The maximum absolute atomic E-state index is 4.94. The van der Waals surface area contributed by atoms with Crippen molar-refractivity contribution in [2.75, 3.05) is 0 Å². The minimum absolute atomic E-state index is 0.876. The van der Waals surface area contributed by atoms with Gasteiger partial charge in [-0.15, -0.1) is 0 Å². The van der Waals surface area contributed by atoms with E-state index in [0.29, 0.717) is 0 Å². The van der Waals surface area contributed by atoms with E-state index in [-0.39, 0.29) is 0 Å². The Morgan fingerprint density at radius 2 is 1.75 bits per heavy atom.